The maximum Gasteiger partial charge on any atom is 0.407 e. The van der Waals surface area contributed by atoms with Crippen LogP contribution in [0.25, 0.3) is 0 Å². The zero-order chi connectivity index (χ0) is 92.7. The molecule has 4 amide bonds. The van der Waals surface area contributed by atoms with Gasteiger partial charge in [0, 0.05) is 51.7 Å². The number of nitrogens with two attached hydrogens (primary N) is 4. The Bertz CT molecular complexity index is 3570. The largest absolute Gasteiger partial charge is 0.445 e. The molecule has 9 rings (SSSR count). The smallest absolute Gasteiger partial charge is 0.407 e. The molecule has 1 aromatic heterocycles. The van der Waals surface area contributed by atoms with Crippen LogP contribution in [0, 0.1) is 0 Å². The van der Waals surface area contributed by atoms with Gasteiger partial charge in [0.1, 0.15) is 77.4 Å². The molecule has 8 heterocycles. The van der Waals surface area contributed by atoms with E-state index in [9.17, 15) is 49.8 Å². The van der Waals surface area contributed by atoms with Crippen molar-refractivity contribution < 1.29 is 159 Å². The molecule has 0 spiro atoms. The molecule has 7 fully saturated rings. The number of aliphatic hydroxyl groups excluding tert-OH is 6. The topological polar surface area (TPSA) is 607 Å². The number of ether oxygens (including phenoxy) is 23. The fraction of sp³-hybridized carbons (Fsp3) is 0.807. The number of hydrogen-bond acceptors (Lipinski definition) is 42. The zero-order valence-electron chi connectivity index (χ0n) is 74.8. The molecule has 0 saturated carbocycles. The Morgan fingerprint density at radius 3 is 1.51 bits per heavy atom. The third-order valence-electron chi connectivity index (χ3n) is 21.8. The number of amides is 4. The van der Waals surface area contributed by atoms with E-state index in [0.717, 1.165) is 12.0 Å². The molecule has 0 aliphatic carbocycles. The molecule has 47 nitrogen and oxygen atoms in total. The molecule has 1 aromatic carbocycles. The first-order chi connectivity index (χ1) is 63.0. The Morgan fingerprint density at radius 1 is 0.538 bits per heavy atom. The van der Waals surface area contributed by atoms with Gasteiger partial charge in [0.05, 0.1) is 274 Å². The number of nitrogens with one attached hydrogen (secondary N) is 5. The summed E-state index contributed by atoms with van der Waals surface area (Å²) in [6.07, 6.45) is -1.03. The Hall–Kier alpha value is -6.52. The number of carbonyl (C=O) groups excluding carboxylic acids is 4. The van der Waals surface area contributed by atoms with E-state index < -0.39 is 102 Å². The van der Waals surface area contributed by atoms with Gasteiger partial charge in [0.15, 0.2) is 18.9 Å². The quantitative estimate of drug-likeness (QED) is 0.0128. The minimum absolute atomic E-state index is 0.00203. The number of aliphatic hydroxyl groups is 6. The van der Waals surface area contributed by atoms with Gasteiger partial charge in [0.25, 0.3) is 0 Å². The standard InChI is InChI=1S/C83H142N14O33/c1-59-76(127-59)91-70-72(103)75(106)83(58-126-78(70)130-83)55-119-41-38-115-34-31-112-28-25-109-22-19-96(87)44-63(85)48-121-51-80(92-67(101)15-9-5-10-16-88-66(100)14-8-4-11-17-89-79(107)123-46-61-12-6-3-7-13-61,50-120-47-62(84)43-95(86)18-21-108-24-27-111-30-33-114-36-39-117-53-81-56-124-68(128-81)42-65(99)73(81)104)52-122-49-64-45-97(94-93-64)20-23-110-26-29-113-32-35-116-37-40-118-54-82-57-125-77(129-82)69(90-60(2)98)71(102)74(82)105/h3,6-7,12-13,43-45,59,65,68-78,91,99,102-106H,4-5,8-11,14-42,46-58,84-87H2,1-2H3,(H,88,100)(H,89,107)(H,90,98)(H,92,101)/b62-43-,63-44-/t59?,65-,68+,69-,70-,71-,72-,73-,74-,75-,76?,77+,78+,80?,81+,82+,83+/m1/s1. The average molecular weight is 1860 g/mol. The lowest BCUT2D eigenvalue weighted by Crippen LogP contribution is -2.66. The van der Waals surface area contributed by atoms with Gasteiger partial charge in [-0.25, -0.2) is 21.2 Å². The molecular formula is C83H142N14O33. The number of hydrogen-bond donors (Lipinski definition) is 15. The Kier molecular flexibility index (Phi) is 48.4. The van der Waals surface area contributed by atoms with Crippen molar-refractivity contribution >= 4 is 23.8 Å². The summed E-state index contributed by atoms with van der Waals surface area (Å²) in [6, 6.07) is 7.82. The van der Waals surface area contributed by atoms with Crippen LogP contribution in [0.5, 0.6) is 0 Å². The van der Waals surface area contributed by atoms with Crippen LogP contribution >= 0.6 is 0 Å². The van der Waals surface area contributed by atoms with Crippen LogP contribution in [0.15, 0.2) is 60.3 Å². The highest BCUT2D eigenvalue weighted by atomic mass is 16.8. The summed E-state index contributed by atoms with van der Waals surface area (Å²) in [5.41, 5.74) is 9.85. The molecule has 130 heavy (non-hydrogen) atoms. The Labute approximate surface area is 757 Å². The fourth-order valence-electron chi connectivity index (χ4n) is 14.6. The average Bonchev–Trinajstić information content (AvgIpc) is 1.61. The van der Waals surface area contributed by atoms with Gasteiger partial charge >= 0.3 is 6.09 Å². The Balaban J connectivity index is 0.697. The second-order valence-corrected chi connectivity index (χ2v) is 32.7. The molecular weight excluding hydrogens is 1720 g/mol. The Morgan fingerprint density at radius 2 is 0.992 bits per heavy atom. The highest BCUT2D eigenvalue weighted by molar-refractivity contribution is 5.77. The van der Waals surface area contributed by atoms with Crippen molar-refractivity contribution in [3.8, 4) is 0 Å². The molecule has 47 heteroatoms. The van der Waals surface area contributed by atoms with Gasteiger partial charge in [-0.2, -0.15) is 0 Å². The number of carbonyl (C=O) groups is 4. The van der Waals surface area contributed by atoms with Crippen molar-refractivity contribution in [1.82, 2.24) is 51.6 Å². The molecule has 6 bridgehead atoms. The van der Waals surface area contributed by atoms with E-state index in [1.54, 1.807) is 10.9 Å². The number of rotatable bonds is 74. The molecule has 2 aromatic rings. The van der Waals surface area contributed by atoms with Crippen molar-refractivity contribution in [2.75, 3.05) is 238 Å². The predicted octanol–water partition coefficient (Wildman–Crippen LogP) is -4.86. The first kappa shape index (κ1) is 107. The molecule has 19 N–H and O–H groups in total. The SMILES string of the molecule is CC(=O)N[C@H]1[C@H]2OC[C@](COCCOCCOCCOCCn3cc(COCC(COC/C(N)=C/N(N)CCOCCOCCOCCOC[C@@]45CO[C@@H](O4)[C@H](NC4OC4C)[C@@H](O)[C@H]5O)(COC/C(N)=C/N(N)CCOCCOCCOCCOC[C@]45CO[C@H](C[C@@H](O)[C@H]4O)O5)NC(=O)CCCCCNC(=O)CCCCCNC(=O)OCc4ccccc4)nn3)(O2)[C@H](O)[C@@H]1O. The van der Waals surface area contributed by atoms with E-state index in [4.69, 9.17) is 132 Å². The van der Waals surface area contributed by atoms with Crippen molar-refractivity contribution in [2.24, 2.45) is 23.2 Å². The van der Waals surface area contributed by atoms with Crippen molar-refractivity contribution in [1.29, 1.82) is 0 Å². The molecule has 0 radical (unpaired) electrons. The van der Waals surface area contributed by atoms with Crippen LogP contribution in [-0.2, 0) is 143 Å². The van der Waals surface area contributed by atoms with Crippen LogP contribution in [0.2, 0.25) is 0 Å². The predicted molar refractivity (Wildman–Crippen MR) is 453 cm³/mol. The highest BCUT2D eigenvalue weighted by Crippen LogP contribution is 2.40. The summed E-state index contributed by atoms with van der Waals surface area (Å²) in [4.78, 5) is 50.7. The summed E-state index contributed by atoms with van der Waals surface area (Å²) in [5.74, 6) is 11.8. The van der Waals surface area contributed by atoms with E-state index in [-0.39, 0.29) is 253 Å². The fourth-order valence-corrected chi connectivity index (χ4v) is 14.6. The zero-order valence-corrected chi connectivity index (χ0v) is 74.8. The minimum Gasteiger partial charge on any atom is -0.445 e. The van der Waals surface area contributed by atoms with Gasteiger partial charge in [-0.15, -0.1) is 5.10 Å². The van der Waals surface area contributed by atoms with Crippen molar-refractivity contribution in [3.63, 3.8) is 0 Å². The first-order valence-corrected chi connectivity index (χ1v) is 44.7. The van der Waals surface area contributed by atoms with Crippen LogP contribution < -0.4 is 49.7 Å². The van der Waals surface area contributed by atoms with Crippen LogP contribution in [-0.4, -0.2) is 419 Å². The molecule has 7 aliphatic rings. The highest BCUT2D eigenvalue weighted by Gasteiger charge is 2.62. The molecule has 3 unspecified atom stereocenters. The number of unbranched alkanes of at least 4 members (excludes halogenated alkanes) is 4. The second-order valence-electron chi connectivity index (χ2n) is 32.7. The van der Waals surface area contributed by atoms with Crippen molar-refractivity contribution in [2.45, 2.75) is 194 Å². The van der Waals surface area contributed by atoms with Gasteiger partial charge in [-0.1, -0.05) is 48.4 Å². The van der Waals surface area contributed by atoms with Gasteiger partial charge in [-0.05, 0) is 38.2 Å². The van der Waals surface area contributed by atoms with E-state index in [2.05, 4.69) is 36.9 Å². The number of nitrogens with zero attached hydrogens (tertiary/aromatic N) is 5. The lowest BCUT2D eigenvalue weighted by Gasteiger charge is -2.42. The third-order valence-corrected chi connectivity index (χ3v) is 21.8. The number of benzene rings is 1. The summed E-state index contributed by atoms with van der Waals surface area (Å²) in [5, 5.41) is 89.6. The van der Waals surface area contributed by atoms with Crippen LogP contribution in [0.3, 0.4) is 0 Å². The van der Waals surface area contributed by atoms with Gasteiger partial charge in [-0.3, -0.25) is 19.7 Å². The molecule has 742 valence electrons. The number of epoxide rings is 1. The summed E-state index contributed by atoms with van der Waals surface area (Å²) in [7, 11) is 0. The maximum atomic E-state index is 14.2. The number of fused-ring (bicyclic) bond motifs is 6. The molecule has 7 saturated heterocycles. The minimum atomic E-state index is -1.39. The van der Waals surface area contributed by atoms with Crippen LogP contribution in [0.4, 0.5) is 4.79 Å². The first-order valence-electron chi connectivity index (χ1n) is 44.7. The van der Waals surface area contributed by atoms with Gasteiger partial charge in [0.2, 0.25) is 17.7 Å². The van der Waals surface area contributed by atoms with E-state index in [1.807, 2.05) is 37.3 Å². The lowest BCUT2D eigenvalue weighted by atomic mass is 9.88. The maximum absolute atomic E-state index is 14.2. The molecule has 7 aliphatic heterocycles. The summed E-state index contributed by atoms with van der Waals surface area (Å²) < 4.78 is 134. The third kappa shape index (κ3) is 38.0. The summed E-state index contributed by atoms with van der Waals surface area (Å²) >= 11 is 0. The lowest BCUT2D eigenvalue weighted by molar-refractivity contribution is -0.239. The van der Waals surface area contributed by atoms with E-state index in [1.165, 1.54) is 29.3 Å². The number of hydrazine groups is 2. The van der Waals surface area contributed by atoms with E-state index >= 15 is 0 Å². The monoisotopic (exact) mass is 1860 g/mol. The van der Waals surface area contributed by atoms with Crippen LogP contribution in [0.1, 0.15) is 82.9 Å². The van der Waals surface area contributed by atoms with Gasteiger partial charge < -0.3 is 182 Å². The number of aromatic nitrogens is 3. The van der Waals surface area contributed by atoms with E-state index in [0.29, 0.717) is 96.9 Å². The van der Waals surface area contributed by atoms with Crippen molar-refractivity contribution in [3.05, 3.63) is 71.6 Å². The number of alkyl carbamates (subject to hydrolysis) is 1. The normalized spacial score (nSPS) is 26.7. The molecule has 17 atom stereocenters. The summed E-state index contributed by atoms with van der Waals surface area (Å²) in [6.45, 7) is 9.83. The second kappa shape index (κ2) is 58.7.